The molecule has 0 aliphatic carbocycles. The first-order valence-electron chi connectivity index (χ1n) is 5.90. The Balaban J connectivity index is 1.97. The van der Waals surface area contributed by atoms with Gasteiger partial charge in [-0.25, -0.2) is 0 Å². The van der Waals surface area contributed by atoms with Crippen LogP contribution < -0.4 is 10.5 Å². The van der Waals surface area contributed by atoms with E-state index in [4.69, 9.17) is 10.5 Å². The van der Waals surface area contributed by atoms with Crippen LogP contribution in [0.2, 0.25) is 0 Å². The highest BCUT2D eigenvalue weighted by molar-refractivity contribution is 5.30. The summed E-state index contributed by atoms with van der Waals surface area (Å²) in [6.07, 6.45) is 1.24. The standard InChI is InChI=1S/C13H20N2O/c1-16-13-4-2-11(3-5-13)12-6-8-15(10-12)9-7-14/h2-5,12H,6-10,14H2,1H3. The Morgan fingerprint density at radius 1 is 1.38 bits per heavy atom. The van der Waals surface area contributed by atoms with E-state index >= 15 is 0 Å². The topological polar surface area (TPSA) is 38.5 Å². The predicted octanol–water partition coefficient (Wildman–Crippen LogP) is 1.44. The lowest BCUT2D eigenvalue weighted by atomic mass is 9.98. The van der Waals surface area contributed by atoms with Crippen molar-refractivity contribution in [1.82, 2.24) is 4.90 Å². The van der Waals surface area contributed by atoms with Gasteiger partial charge in [-0.2, -0.15) is 0 Å². The van der Waals surface area contributed by atoms with Crippen molar-refractivity contribution < 1.29 is 4.74 Å². The van der Waals surface area contributed by atoms with Crippen LogP contribution in [-0.2, 0) is 0 Å². The molecule has 1 heterocycles. The number of hydrogen-bond donors (Lipinski definition) is 1. The molecule has 88 valence electrons. The first-order valence-corrected chi connectivity index (χ1v) is 5.90. The number of rotatable bonds is 4. The predicted molar refractivity (Wildman–Crippen MR) is 65.8 cm³/mol. The normalized spacial score (nSPS) is 21.2. The van der Waals surface area contributed by atoms with Crippen molar-refractivity contribution in [2.45, 2.75) is 12.3 Å². The Morgan fingerprint density at radius 3 is 2.75 bits per heavy atom. The lowest BCUT2D eigenvalue weighted by Gasteiger charge is -2.14. The van der Waals surface area contributed by atoms with Gasteiger partial charge in [0.15, 0.2) is 0 Å². The summed E-state index contributed by atoms with van der Waals surface area (Å²) >= 11 is 0. The van der Waals surface area contributed by atoms with Crippen LogP contribution in [0, 0.1) is 0 Å². The maximum atomic E-state index is 5.57. The maximum absolute atomic E-state index is 5.57. The zero-order chi connectivity index (χ0) is 11.4. The average Bonchev–Trinajstić information content (AvgIpc) is 2.78. The molecule has 0 bridgehead atoms. The summed E-state index contributed by atoms with van der Waals surface area (Å²) < 4.78 is 5.16. The van der Waals surface area contributed by atoms with Crippen LogP contribution in [0.4, 0.5) is 0 Å². The molecule has 0 radical (unpaired) electrons. The molecule has 1 aliphatic rings. The van der Waals surface area contributed by atoms with Crippen LogP contribution in [0.3, 0.4) is 0 Å². The van der Waals surface area contributed by atoms with Gasteiger partial charge >= 0.3 is 0 Å². The Bertz CT molecular complexity index is 323. The first-order chi connectivity index (χ1) is 7.83. The molecular formula is C13H20N2O. The summed E-state index contributed by atoms with van der Waals surface area (Å²) in [5.41, 5.74) is 6.99. The molecule has 1 aromatic carbocycles. The Hall–Kier alpha value is -1.06. The molecule has 0 saturated carbocycles. The fourth-order valence-electron chi connectivity index (χ4n) is 2.37. The van der Waals surface area contributed by atoms with Gasteiger partial charge in [0, 0.05) is 19.6 Å². The highest BCUT2D eigenvalue weighted by atomic mass is 16.5. The van der Waals surface area contributed by atoms with E-state index in [1.165, 1.54) is 18.5 Å². The van der Waals surface area contributed by atoms with Crippen LogP contribution in [0.5, 0.6) is 5.75 Å². The molecule has 0 aromatic heterocycles. The molecule has 0 amide bonds. The molecular weight excluding hydrogens is 200 g/mol. The minimum absolute atomic E-state index is 0.664. The van der Waals surface area contributed by atoms with Crippen molar-refractivity contribution >= 4 is 0 Å². The van der Waals surface area contributed by atoms with Gasteiger partial charge in [-0.1, -0.05) is 12.1 Å². The van der Waals surface area contributed by atoms with Gasteiger partial charge in [0.05, 0.1) is 7.11 Å². The largest absolute Gasteiger partial charge is 0.497 e. The average molecular weight is 220 g/mol. The third-order valence-corrected chi connectivity index (χ3v) is 3.30. The summed E-state index contributed by atoms with van der Waals surface area (Å²) in [6, 6.07) is 8.44. The molecule has 3 heteroatoms. The molecule has 16 heavy (non-hydrogen) atoms. The van der Waals surface area contributed by atoms with E-state index in [1.54, 1.807) is 7.11 Å². The molecule has 1 unspecified atom stereocenters. The minimum atomic E-state index is 0.664. The van der Waals surface area contributed by atoms with Crippen LogP contribution >= 0.6 is 0 Å². The second kappa shape index (κ2) is 5.32. The molecule has 1 saturated heterocycles. The Morgan fingerprint density at radius 2 is 2.12 bits per heavy atom. The minimum Gasteiger partial charge on any atom is -0.497 e. The van der Waals surface area contributed by atoms with Gasteiger partial charge in [-0.3, -0.25) is 0 Å². The Kier molecular flexibility index (Phi) is 3.80. The second-order valence-corrected chi connectivity index (χ2v) is 4.35. The number of nitrogens with zero attached hydrogens (tertiary/aromatic N) is 1. The number of methoxy groups -OCH3 is 1. The van der Waals surface area contributed by atoms with E-state index in [2.05, 4.69) is 17.0 Å². The van der Waals surface area contributed by atoms with Crippen LogP contribution in [0.1, 0.15) is 17.9 Å². The molecule has 2 N–H and O–H groups in total. The van der Waals surface area contributed by atoms with E-state index < -0.39 is 0 Å². The summed E-state index contributed by atoms with van der Waals surface area (Å²) in [7, 11) is 1.70. The third kappa shape index (κ3) is 2.54. The van der Waals surface area contributed by atoms with Crippen molar-refractivity contribution in [3.05, 3.63) is 29.8 Å². The first kappa shape index (κ1) is 11.4. The van der Waals surface area contributed by atoms with Crippen molar-refractivity contribution in [3.8, 4) is 5.75 Å². The molecule has 1 atom stereocenters. The molecule has 2 rings (SSSR count). The summed E-state index contributed by atoms with van der Waals surface area (Å²) in [6.45, 7) is 4.10. The molecule has 0 spiro atoms. The van der Waals surface area contributed by atoms with Crippen LogP contribution in [-0.4, -0.2) is 38.2 Å². The summed E-state index contributed by atoms with van der Waals surface area (Å²) in [5, 5.41) is 0. The van der Waals surface area contributed by atoms with Crippen LogP contribution in [0.25, 0.3) is 0 Å². The van der Waals surface area contributed by atoms with Crippen molar-refractivity contribution in [2.24, 2.45) is 5.73 Å². The smallest absolute Gasteiger partial charge is 0.118 e. The lowest BCUT2D eigenvalue weighted by Crippen LogP contribution is -2.26. The van der Waals surface area contributed by atoms with Gasteiger partial charge in [-0.15, -0.1) is 0 Å². The maximum Gasteiger partial charge on any atom is 0.118 e. The molecule has 1 aromatic rings. The number of benzene rings is 1. The SMILES string of the molecule is COc1ccc(C2CCN(CCN)C2)cc1. The van der Waals surface area contributed by atoms with E-state index in [0.29, 0.717) is 5.92 Å². The Labute approximate surface area is 97.2 Å². The van der Waals surface area contributed by atoms with Gasteiger partial charge in [0.25, 0.3) is 0 Å². The molecule has 1 aliphatic heterocycles. The lowest BCUT2D eigenvalue weighted by molar-refractivity contribution is 0.344. The van der Waals surface area contributed by atoms with Crippen molar-refractivity contribution in [2.75, 3.05) is 33.3 Å². The van der Waals surface area contributed by atoms with Crippen LogP contribution in [0.15, 0.2) is 24.3 Å². The number of nitrogens with two attached hydrogens (primary N) is 1. The summed E-state index contributed by atoms with van der Waals surface area (Å²) in [5.74, 6) is 1.60. The zero-order valence-corrected chi connectivity index (χ0v) is 9.86. The third-order valence-electron chi connectivity index (χ3n) is 3.30. The van der Waals surface area contributed by atoms with Crippen molar-refractivity contribution in [1.29, 1.82) is 0 Å². The van der Waals surface area contributed by atoms with Gasteiger partial charge in [-0.05, 0) is 36.6 Å². The summed E-state index contributed by atoms with van der Waals surface area (Å²) in [4.78, 5) is 2.44. The van der Waals surface area contributed by atoms with Gasteiger partial charge in [0.1, 0.15) is 5.75 Å². The number of likely N-dealkylation sites (tertiary alicyclic amines) is 1. The van der Waals surface area contributed by atoms with Gasteiger partial charge in [0.2, 0.25) is 0 Å². The highest BCUT2D eigenvalue weighted by Crippen LogP contribution is 2.27. The van der Waals surface area contributed by atoms with Crippen molar-refractivity contribution in [3.63, 3.8) is 0 Å². The fourth-order valence-corrected chi connectivity index (χ4v) is 2.37. The second-order valence-electron chi connectivity index (χ2n) is 4.35. The van der Waals surface area contributed by atoms with Gasteiger partial charge < -0.3 is 15.4 Å². The van der Waals surface area contributed by atoms with E-state index in [9.17, 15) is 0 Å². The van der Waals surface area contributed by atoms with E-state index in [-0.39, 0.29) is 0 Å². The highest BCUT2D eigenvalue weighted by Gasteiger charge is 2.22. The number of hydrogen-bond acceptors (Lipinski definition) is 3. The zero-order valence-electron chi connectivity index (χ0n) is 9.86. The number of ether oxygens (including phenoxy) is 1. The monoisotopic (exact) mass is 220 g/mol. The quantitative estimate of drug-likeness (QED) is 0.834. The molecule has 1 fully saturated rings. The molecule has 3 nitrogen and oxygen atoms in total. The van der Waals surface area contributed by atoms with E-state index in [1.807, 2.05) is 12.1 Å². The fraction of sp³-hybridized carbons (Fsp3) is 0.538. The van der Waals surface area contributed by atoms with E-state index in [0.717, 1.165) is 25.4 Å².